The minimum atomic E-state index is -0.674. The van der Waals surface area contributed by atoms with Gasteiger partial charge in [-0.1, -0.05) is 12.1 Å². The van der Waals surface area contributed by atoms with Crippen LogP contribution in [0.15, 0.2) is 24.3 Å². The van der Waals surface area contributed by atoms with Crippen molar-refractivity contribution in [1.82, 2.24) is 0 Å². The molecule has 0 saturated carbocycles. The summed E-state index contributed by atoms with van der Waals surface area (Å²) >= 11 is 2.20. The normalized spacial score (nSPS) is 12.2. The van der Waals surface area contributed by atoms with Crippen LogP contribution >= 0.6 is 22.6 Å². The van der Waals surface area contributed by atoms with Crippen molar-refractivity contribution < 1.29 is 9.53 Å². The van der Waals surface area contributed by atoms with Gasteiger partial charge in [0.05, 0.1) is 6.61 Å². The second-order valence-electron chi connectivity index (χ2n) is 2.78. The minimum Gasteiger partial charge on any atom is -0.465 e. The Labute approximate surface area is 96.8 Å². The lowest BCUT2D eigenvalue weighted by Crippen LogP contribution is -2.23. The molecular formula is C10H12INO2. The standard InChI is InChI=1S/C10H12INO2/c1-2-14-10(13)9(12)7-3-5-8(11)6-4-7/h3-6,9H,2,12H2,1H3. The van der Waals surface area contributed by atoms with E-state index in [0.717, 1.165) is 9.13 Å². The molecule has 0 aliphatic carbocycles. The number of nitrogens with two attached hydrogens (primary N) is 1. The van der Waals surface area contributed by atoms with Gasteiger partial charge in [-0.3, -0.25) is 0 Å². The highest BCUT2D eigenvalue weighted by molar-refractivity contribution is 14.1. The molecule has 0 spiro atoms. The van der Waals surface area contributed by atoms with Crippen molar-refractivity contribution in [3.63, 3.8) is 0 Å². The summed E-state index contributed by atoms with van der Waals surface area (Å²) in [6.07, 6.45) is 0. The first kappa shape index (κ1) is 11.5. The molecule has 0 aliphatic heterocycles. The zero-order valence-electron chi connectivity index (χ0n) is 7.87. The number of benzene rings is 1. The number of carbonyl (C=O) groups is 1. The highest BCUT2D eigenvalue weighted by Crippen LogP contribution is 2.14. The summed E-state index contributed by atoms with van der Waals surface area (Å²) in [7, 11) is 0. The van der Waals surface area contributed by atoms with Gasteiger partial charge in [0, 0.05) is 3.57 Å². The maximum absolute atomic E-state index is 11.3. The number of rotatable bonds is 3. The molecule has 76 valence electrons. The van der Waals surface area contributed by atoms with Crippen LogP contribution in [-0.2, 0) is 9.53 Å². The van der Waals surface area contributed by atoms with Crippen molar-refractivity contribution in [3.05, 3.63) is 33.4 Å². The van der Waals surface area contributed by atoms with Gasteiger partial charge in [0.15, 0.2) is 0 Å². The van der Waals surface area contributed by atoms with Gasteiger partial charge in [0.1, 0.15) is 6.04 Å². The largest absolute Gasteiger partial charge is 0.465 e. The van der Waals surface area contributed by atoms with Gasteiger partial charge in [0.25, 0.3) is 0 Å². The van der Waals surface area contributed by atoms with Gasteiger partial charge >= 0.3 is 5.97 Å². The van der Waals surface area contributed by atoms with Crippen LogP contribution in [0.4, 0.5) is 0 Å². The SMILES string of the molecule is CCOC(=O)C(N)c1ccc(I)cc1. The van der Waals surface area contributed by atoms with Gasteiger partial charge in [0.2, 0.25) is 0 Å². The van der Waals surface area contributed by atoms with Crippen molar-refractivity contribution in [2.75, 3.05) is 6.61 Å². The molecule has 1 aromatic carbocycles. The Bertz CT molecular complexity index is 310. The Morgan fingerprint density at radius 2 is 2.07 bits per heavy atom. The average Bonchev–Trinajstić information content (AvgIpc) is 2.18. The lowest BCUT2D eigenvalue weighted by Gasteiger charge is -2.10. The summed E-state index contributed by atoms with van der Waals surface area (Å²) in [4.78, 5) is 11.3. The first-order valence-electron chi connectivity index (χ1n) is 4.33. The van der Waals surface area contributed by atoms with E-state index in [2.05, 4.69) is 22.6 Å². The lowest BCUT2D eigenvalue weighted by molar-refractivity contribution is -0.144. The summed E-state index contributed by atoms with van der Waals surface area (Å²) in [5.74, 6) is -0.381. The second-order valence-corrected chi connectivity index (χ2v) is 4.03. The molecule has 14 heavy (non-hydrogen) atoms. The molecule has 0 aliphatic rings. The molecule has 0 amide bonds. The Balaban J connectivity index is 2.73. The second kappa shape index (κ2) is 5.31. The number of ether oxygens (including phenoxy) is 1. The van der Waals surface area contributed by atoms with Crippen molar-refractivity contribution in [1.29, 1.82) is 0 Å². The van der Waals surface area contributed by atoms with Crippen molar-refractivity contribution in [2.24, 2.45) is 5.73 Å². The number of hydrogen-bond donors (Lipinski definition) is 1. The monoisotopic (exact) mass is 305 g/mol. The topological polar surface area (TPSA) is 52.3 Å². The molecule has 0 radical (unpaired) electrons. The van der Waals surface area contributed by atoms with E-state index in [0.29, 0.717) is 6.61 Å². The highest BCUT2D eigenvalue weighted by atomic mass is 127. The Hall–Kier alpha value is -0.620. The van der Waals surface area contributed by atoms with Crippen molar-refractivity contribution in [3.8, 4) is 0 Å². The number of halogens is 1. The molecule has 1 atom stereocenters. The molecule has 1 unspecified atom stereocenters. The molecule has 1 rings (SSSR count). The molecule has 0 fully saturated rings. The summed E-state index contributed by atoms with van der Waals surface area (Å²) in [5.41, 5.74) is 6.48. The molecule has 1 aromatic rings. The first-order valence-corrected chi connectivity index (χ1v) is 5.40. The summed E-state index contributed by atoms with van der Waals surface area (Å²) < 4.78 is 5.94. The molecular weight excluding hydrogens is 293 g/mol. The van der Waals surface area contributed by atoms with E-state index in [1.54, 1.807) is 6.92 Å². The van der Waals surface area contributed by atoms with Gasteiger partial charge in [-0.25, -0.2) is 4.79 Å². The fourth-order valence-corrected chi connectivity index (χ4v) is 1.40. The van der Waals surface area contributed by atoms with Gasteiger partial charge < -0.3 is 10.5 Å². The van der Waals surface area contributed by atoms with E-state index in [4.69, 9.17) is 10.5 Å². The number of hydrogen-bond acceptors (Lipinski definition) is 3. The fourth-order valence-electron chi connectivity index (χ4n) is 1.04. The third-order valence-electron chi connectivity index (χ3n) is 1.77. The van der Waals surface area contributed by atoms with Crippen LogP contribution in [0.3, 0.4) is 0 Å². The quantitative estimate of drug-likeness (QED) is 0.685. The number of carbonyl (C=O) groups excluding carboxylic acids is 1. The van der Waals surface area contributed by atoms with Crippen LogP contribution in [0.1, 0.15) is 18.5 Å². The van der Waals surface area contributed by atoms with Crippen molar-refractivity contribution >= 4 is 28.6 Å². The van der Waals surface area contributed by atoms with Gasteiger partial charge in [-0.15, -0.1) is 0 Å². The molecule has 0 bridgehead atoms. The van der Waals surface area contributed by atoms with Crippen LogP contribution in [0.5, 0.6) is 0 Å². The predicted octanol–water partition coefficient (Wildman–Crippen LogP) is 1.85. The lowest BCUT2D eigenvalue weighted by atomic mass is 10.1. The zero-order valence-corrected chi connectivity index (χ0v) is 10.0. The third-order valence-corrected chi connectivity index (χ3v) is 2.49. The molecule has 3 nitrogen and oxygen atoms in total. The summed E-state index contributed by atoms with van der Waals surface area (Å²) in [6, 6.07) is 6.82. The molecule has 0 aromatic heterocycles. The van der Waals surface area contributed by atoms with Crippen LogP contribution in [0.25, 0.3) is 0 Å². The smallest absolute Gasteiger partial charge is 0.327 e. The average molecular weight is 305 g/mol. The first-order chi connectivity index (χ1) is 6.65. The number of esters is 1. The van der Waals surface area contributed by atoms with Crippen LogP contribution < -0.4 is 5.73 Å². The Morgan fingerprint density at radius 3 is 2.57 bits per heavy atom. The van der Waals surface area contributed by atoms with E-state index in [9.17, 15) is 4.79 Å². The van der Waals surface area contributed by atoms with E-state index in [-0.39, 0.29) is 5.97 Å². The minimum absolute atomic E-state index is 0.358. The summed E-state index contributed by atoms with van der Waals surface area (Å²) in [5, 5.41) is 0. The van der Waals surface area contributed by atoms with Gasteiger partial charge in [-0.2, -0.15) is 0 Å². The van der Waals surface area contributed by atoms with E-state index in [1.807, 2.05) is 24.3 Å². The van der Waals surface area contributed by atoms with Crippen LogP contribution in [-0.4, -0.2) is 12.6 Å². The third kappa shape index (κ3) is 2.95. The predicted molar refractivity (Wildman–Crippen MR) is 62.7 cm³/mol. The van der Waals surface area contributed by atoms with E-state index >= 15 is 0 Å². The van der Waals surface area contributed by atoms with E-state index in [1.165, 1.54) is 0 Å². The maximum Gasteiger partial charge on any atom is 0.327 e. The molecule has 0 saturated heterocycles. The molecule has 0 heterocycles. The molecule has 4 heteroatoms. The Morgan fingerprint density at radius 1 is 1.50 bits per heavy atom. The summed E-state index contributed by atoms with van der Waals surface area (Å²) in [6.45, 7) is 2.12. The zero-order chi connectivity index (χ0) is 10.6. The van der Waals surface area contributed by atoms with E-state index < -0.39 is 6.04 Å². The highest BCUT2D eigenvalue weighted by Gasteiger charge is 2.16. The van der Waals surface area contributed by atoms with Crippen LogP contribution in [0.2, 0.25) is 0 Å². The van der Waals surface area contributed by atoms with Crippen LogP contribution in [0, 0.1) is 3.57 Å². The fraction of sp³-hybridized carbons (Fsp3) is 0.300. The van der Waals surface area contributed by atoms with Crippen molar-refractivity contribution in [2.45, 2.75) is 13.0 Å². The molecule has 2 N–H and O–H groups in total. The Kier molecular flexibility index (Phi) is 4.34. The van der Waals surface area contributed by atoms with Gasteiger partial charge in [-0.05, 0) is 47.2 Å². The maximum atomic E-state index is 11.3.